The lowest BCUT2D eigenvalue weighted by Crippen LogP contribution is -2.12. The maximum atomic E-state index is 11.8. The number of anilines is 2. The first-order chi connectivity index (χ1) is 9.54. The number of nitrogens with one attached hydrogen (secondary N) is 1. The van der Waals surface area contributed by atoms with Crippen LogP contribution in [0.5, 0.6) is 0 Å². The van der Waals surface area contributed by atoms with Crippen molar-refractivity contribution in [2.24, 2.45) is 0 Å². The minimum Gasteiger partial charge on any atom is -0.374 e. The zero-order valence-corrected chi connectivity index (χ0v) is 13.2. The van der Waals surface area contributed by atoms with E-state index in [0.29, 0.717) is 33.0 Å². The van der Waals surface area contributed by atoms with E-state index >= 15 is 0 Å². The fourth-order valence-corrected chi connectivity index (χ4v) is 3.30. The number of nitrogens with zero attached hydrogens (tertiary/aromatic N) is 2. The van der Waals surface area contributed by atoms with Gasteiger partial charge in [-0.1, -0.05) is 46.3 Å². The average Bonchev–Trinajstić information content (AvgIpc) is 2.80. The predicted molar refractivity (Wildman–Crippen MR) is 84.8 cm³/mol. The Labute approximate surface area is 133 Å². The SMILES string of the molecule is Nc1nnc(SCCC(=O)Nc2cc(Cl)ccc2Cl)s1. The van der Waals surface area contributed by atoms with Crippen molar-refractivity contribution >= 4 is 63.0 Å². The van der Waals surface area contributed by atoms with Crippen LogP contribution < -0.4 is 11.1 Å². The standard InChI is InChI=1S/C11H10Cl2N4OS2/c12-6-1-2-7(13)8(5-6)15-9(18)3-4-19-11-17-16-10(14)20-11/h1-2,5H,3-4H2,(H2,14,16)(H,15,18). The van der Waals surface area contributed by atoms with Crippen molar-refractivity contribution in [3.8, 4) is 0 Å². The topological polar surface area (TPSA) is 80.9 Å². The number of amides is 1. The first kappa shape index (κ1) is 15.4. The number of aromatic nitrogens is 2. The van der Waals surface area contributed by atoms with E-state index in [2.05, 4.69) is 15.5 Å². The summed E-state index contributed by atoms with van der Waals surface area (Å²) in [6, 6.07) is 4.91. The van der Waals surface area contributed by atoms with Crippen molar-refractivity contribution < 1.29 is 4.79 Å². The lowest BCUT2D eigenvalue weighted by Gasteiger charge is -2.07. The summed E-state index contributed by atoms with van der Waals surface area (Å²) in [5.41, 5.74) is 5.98. The largest absolute Gasteiger partial charge is 0.374 e. The molecule has 0 saturated carbocycles. The minimum absolute atomic E-state index is 0.140. The molecule has 106 valence electrons. The Morgan fingerprint density at radius 3 is 2.90 bits per heavy atom. The highest BCUT2D eigenvalue weighted by molar-refractivity contribution is 8.01. The second-order valence-electron chi connectivity index (χ2n) is 3.68. The second-order valence-corrected chi connectivity index (χ2v) is 6.87. The van der Waals surface area contributed by atoms with Crippen LogP contribution >= 0.6 is 46.3 Å². The van der Waals surface area contributed by atoms with E-state index in [4.69, 9.17) is 28.9 Å². The van der Waals surface area contributed by atoms with Gasteiger partial charge in [0.1, 0.15) is 0 Å². The fraction of sp³-hybridized carbons (Fsp3) is 0.182. The Kier molecular flexibility index (Phi) is 5.47. The zero-order chi connectivity index (χ0) is 14.5. The summed E-state index contributed by atoms with van der Waals surface area (Å²) in [6.07, 6.45) is 0.326. The van der Waals surface area contributed by atoms with Crippen molar-refractivity contribution in [1.29, 1.82) is 0 Å². The van der Waals surface area contributed by atoms with Gasteiger partial charge in [0, 0.05) is 17.2 Å². The minimum atomic E-state index is -0.140. The number of benzene rings is 1. The van der Waals surface area contributed by atoms with Crippen LogP contribution in [0.2, 0.25) is 10.0 Å². The van der Waals surface area contributed by atoms with Crippen molar-refractivity contribution in [2.45, 2.75) is 10.8 Å². The molecule has 9 heteroatoms. The van der Waals surface area contributed by atoms with E-state index in [1.807, 2.05) is 0 Å². The maximum Gasteiger partial charge on any atom is 0.225 e. The van der Waals surface area contributed by atoms with Gasteiger partial charge in [0.2, 0.25) is 11.0 Å². The first-order valence-electron chi connectivity index (χ1n) is 5.51. The number of nitrogen functional groups attached to an aromatic ring is 1. The molecule has 1 heterocycles. The summed E-state index contributed by atoms with van der Waals surface area (Å²) in [6.45, 7) is 0. The van der Waals surface area contributed by atoms with Gasteiger partial charge in [0.25, 0.3) is 0 Å². The molecule has 0 bridgehead atoms. The molecular weight excluding hydrogens is 339 g/mol. The molecule has 0 atom stereocenters. The van der Waals surface area contributed by atoms with Gasteiger partial charge in [-0.2, -0.15) is 0 Å². The molecule has 1 aromatic heterocycles. The molecule has 0 radical (unpaired) electrons. The zero-order valence-electron chi connectivity index (χ0n) is 10.1. The normalized spacial score (nSPS) is 10.5. The summed E-state index contributed by atoms with van der Waals surface area (Å²) in [4.78, 5) is 11.8. The molecule has 2 aromatic rings. The number of halogens is 2. The average molecular weight is 349 g/mol. The molecular formula is C11H10Cl2N4OS2. The van der Waals surface area contributed by atoms with Crippen LogP contribution in [-0.4, -0.2) is 21.9 Å². The van der Waals surface area contributed by atoms with E-state index in [1.54, 1.807) is 18.2 Å². The van der Waals surface area contributed by atoms with Crippen LogP contribution in [0.1, 0.15) is 6.42 Å². The molecule has 0 fully saturated rings. The second kappa shape index (κ2) is 7.12. The highest BCUT2D eigenvalue weighted by Gasteiger charge is 2.08. The number of rotatable bonds is 5. The van der Waals surface area contributed by atoms with E-state index in [9.17, 15) is 4.79 Å². The van der Waals surface area contributed by atoms with Crippen molar-refractivity contribution in [3.63, 3.8) is 0 Å². The van der Waals surface area contributed by atoms with Crippen LogP contribution in [0.4, 0.5) is 10.8 Å². The van der Waals surface area contributed by atoms with Gasteiger partial charge in [-0.15, -0.1) is 10.2 Å². The number of hydrogen-bond acceptors (Lipinski definition) is 6. The molecule has 0 saturated heterocycles. The Balaban J connectivity index is 1.82. The van der Waals surface area contributed by atoms with E-state index in [-0.39, 0.29) is 5.91 Å². The predicted octanol–water partition coefficient (Wildman–Crippen LogP) is 3.55. The van der Waals surface area contributed by atoms with E-state index < -0.39 is 0 Å². The summed E-state index contributed by atoms with van der Waals surface area (Å²) < 4.78 is 0.746. The monoisotopic (exact) mass is 348 g/mol. The highest BCUT2D eigenvalue weighted by atomic mass is 35.5. The summed E-state index contributed by atoms with van der Waals surface area (Å²) in [7, 11) is 0. The van der Waals surface area contributed by atoms with Crippen LogP contribution in [0, 0.1) is 0 Å². The quantitative estimate of drug-likeness (QED) is 0.807. The van der Waals surface area contributed by atoms with Gasteiger partial charge < -0.3 is 11.1 Å². The number of carbonyl (C=O) groups is 1. The molecule has 0 aliphatic heterocycles. The number of nitrogens with two attached hydrogens (primary N) is 1. The van der Waals surface area contributed by atoms with Crippen LogP contribution in [0.15, 0.2) is 22.5 Å². The third kappa shape index (κ3) is 4.52. The first-order valence-corrected chi connectivity index (χ1v) is 8.07. The number of carbonyl (C=O) groups excluding carboxylic acids is 1. The van der Waals surface area contributed by atoms with E-state index in [0.717, 1.165) is 4.34 Å². The molecule has 0 aliphatic rings. The Bertz CT molecular complexity index is 620. The molecule has 0 unspecified atom stereocenters. The number of hydrogen-bond donors (Lipinski definition) is 2. The van der Waals surface area contributed by atoms with Gasteiger partial charge in [0.15, 0.2) is 4.34 Å². The smallest absolute Gasteiger partial charge is 0.225 e. The third-order valence-corrected chi connectivity index (χ3v) is 4.63. The van der Waals surface area contributed by atoms with Gasteiger partial charge in [0.05, 0.1) is 10.7 Å². The van der Waals surface area contributed by atoms with Crippen LogP contribution in [0.25, 0.3) is 0 Å². The Hall–Kier alpha value is -1.02. The Morgan fingerprint density at radius 1 is 1.40 bits per heavy atom. The summed E-state index contributed by atoms with van der Waals surface area (Å²) >= 11 is 14.5. The van der Waals surface area contributed by atoms with Crippen LogP contribution in [-0.2, 0) is 4.79 Å². The molecule has 1 amide bonds. The molecule has 0 aliphatic carbocycles. The molecule has 20 heavy (non-hydrogen) atoms. The number of thioether (sulfide) groups is 1. The van der Waals surface area contributed by atoms with Gasteiger partial charge >= 0.3 is 0 Å². The molecule has 3 N–H and O–H groups in total. The van der Waals surface area contributed by atoms with Gasteiger partial charge in [-0.3, -0.25) is 4.79 Å². The molecule has 2 rings (SSSR count). The van der Waals surface area contributed by atoms with Gasteiger partial charge in [-0.05, 0) is 18.2 Å². The molecule has 5 nitrogen and oxygen atoms in total. The van der Waals surface area contributed by atoms with Crippen molar-refractivity contribution in [2.75, 3.05) is 16.8 Å². The van der Waals surface area contributed by atoms with Crippen molar-refractivity contribution in [1.82, 2.24) is 10.2 Å². The van der Waals surface area contributed by atoms with E-state index in [1.165, 1.54) is 23.1 Å². The highest BCUT2D eigenvalue weighted by Crippen LogP contribution is 2.26. The molecule has 1 aromatic carbocycles. The molecule has 0 spiro atoms. The van der Waals surface area contributed by atoms with Crippen molar-refractivity contribution in [3.05, 3.63) is 28.2 Å². The van der Waals surface area contributed by atoms with Gasteiger partial charge in [-0.25, -0.2) is 0 Å². The third-order valence-electron chi connectivity index (χ3n) is 2.18. The summed E-state index contributed by atoms with van der Waals surface area (Å²) in [5, 5.41) is 11.7. The maximum absolute atomic E-state index is 11.8. The lowest BCUT2D eigenvalue weighted by atomic mass is 10.3. The summed E-state index contributed by atoms with van der Waals surface area (Å²) in [5.74, 6) is 0.442. The lowest BCUT2D eigenvalue weighted by molar-refractivity contribution is -0.115. The Morgan fingerprint density at radius 2 is 2.20 bits per heavy atom. The van der Waals surface area contributed by atoms with Crippen LogP contribution in [0.3, 0.4) is 0 Å². The fourth-order valence-electron chi connectivity index (χ4n) is 1.32.